The topological polar surface area (TPSA) is 35.5 Å². The lowest BCUT2D eigenvalue weighted by Gasteiger charge is -2.12. The predicted octanol–water partition coefficient (Wildman–Crippen LogP) is 3.66. The van der Waals surface area contributed by atoms with Gasteiger partial charge in [0.2, 0.25) is 5.78 Å². The molecule has 0 aliphatic carbocycles. The van der Waals surface area contributed by atoms with Gasteiger partial charge in [-0.15, -0.1) is 0 Å². The molecule has 0 bridgehead atoms. The number of benzene rings is 2. The first-order valence-corrected chi connectivity index (χ1v) is 7.19. The average molecular weight is 282 g/mol. The highest BCUT2D eigenvalue weighted by Crippen LogP contribution is 2.29. The van der Waals surface area contributed by atoms with Crippen LogP contribution in [0.25, 0.3) is 0 Å². The number of Topliss-reactive ketones (excluding diaryl/α,β-unsaturated/α-hetero) is 1. The van der Waals surface area contributed by atoms with Crippen LogP contribution in [-0.4, -0.2) is 18.0 Å². The van der Waals surface area contributed by atoms with Gasteiger partial charge in [0.05, 0.1) is 6.10 Å². The lowest BCUT2D eigenvalue weighted by atomic mass is 10.0. The first kappa shape index (κ1) is 13.7. The number of ketones is 1. The van der Waals surface area contributed by atoms with Crippen LogP contribution >= 0.6 is 0 Å². The Bertz CT molecular complexity index is 619. The third kappa shape index (κ3) is 2.92. The van der Waals surface area contributed by atoms with Crippen molar-refractivity contribution >= 4 is 5.78 Å². The molecule has 0 fully saturated rings. The van der Waals surface area contributed by atoms with Gasteiger partial charge in [-0.2, -0.15) is 0 Å². The summed E-state index contributed by atoms with van der Waals surface area (Å²) in [6.45, 7) is 3.95. The average Bonchev–Trinajstić information content (AvgIpc) is 2.90. The zero-order valence-corrected chi connectivity index (χ0v) is 12.2. The van der Waals surface area contributed by atoms with Crippen LogP contribution in [0.3, 0.4) is 0 Å². The van der Waals surface area contributed by atoms with Gasteiger partial charge in [-0.3, -0.25) is 4.79 Å². The van der Waals surface area contributed by atoms with E-state index >= 15 is 0 Å². The minimum atomic E-state index is -0.417. The Balaban J connectivity index is 1.72. The van der Waals surface area contributed by atoms with Gasteiger partial charge >= 0.3 is 0 Å². The van der Waals surface area contributed by atoms with Gasteiger partial charge < -0.3 is 9.47 Å². The number of carbonyl (C=O) groups excluding carboxylic acids is 1. The van der Waals surface area contributed by atoms with Crippen LogP contribution < -0.4 is 9.47 Å². The second-order valence-electron chi connectivity index (χ2n) is 5.47. The van der Waals surface area contributed by atoms with E-state index < -0.39 is 6.10 Å². The van der Waals surface area contributed by atoms with E-state index in [1.165, 1.54) is 0 Å². The van der Waals surface area contributed by atoms with E-state index in [0.717, 1.165) is 17.1 Å². The van der Waals surface area contributed by atoms with Crippen molar-refractivity contribution < 1.29 is 14.3 Å². The van der Waals surface area contributed by atoms with Crippen molar-refractivity contribution in [3.05, 3.63) is 59.7 Å². The van der Waals surface area contributed by atoms with Crippen molar-refractivity contribution in [2.45, 2.75) is 32.5 Å². The highest BCUT2D eigenvalue weighted by molar-refractivity contribution is 6.00. The molecule has 1 aliphatic heterocycles. The molecule has 1 unspecified atom stereocenters. The fraction of sp³-hybridized carbons (Fsp3) is 0.278. The summed E-state index contributed by atoms with van der Waals surface area (Å²) in [7, 11) is 0. The van der Waals surface area contributed by atoms with Crippen molar-refractivity contribution in [1.82, 2.24) is 0 Å². The van der Waals surface area contributed by atoms with Crippen molar-refractivity contribution in [3.63, 3.8) is 0 Å². The Morgan fingerprint density at radius 2 is 1.86 bits per heavy atom. The van der Waals surface area contributed by atoms with Crippen molar-refractivity contribution in [1.29, 1.82) is 0 Å². The van der Waals surface area contributed by atoms with Crippen molar-refractivity contribution in [3.8, 4) is 11.5 Å². The van der Waals surface area contributed by atoms with E-state index in [2.05, 4.69) is 0 Å². The Kier molecular flexibility index (Phi) is 3.65. The minimum absolute atomic E-state index is 0.0160. The molecule has 0 aromatic heterocycles. The highest BCUT2D eigenvalue weighted by atomic mass is 16.5. The smallest absolute Gasteiger partial charge is 0.203 e. The quantitative estimate of drug-likeness (QED) is 0.803. The molecule has 0 radical (unpaired) electrons. The molecular weight excluding hydrogens is 264 g/mol. The maximum absolute atomic E-state index is 12.5. The Hall–Kier alpha value is -2.29. The number of hydrogen-bond acceptors (Lipinski definition) is 3. The number of ether oxygens (including phenoxy) is 2. The number of rotatable bonds is 4. The molecule has 0 saturated heterocycles. The summed E-state index contributed by atoms with van der Waals surface area (Å²) < 4.78 is 11.3. The van der Waals surface area contributed by atoms with Crippen LogP contribution in [0.2, 0.25) is 0 Å². The Morgan fingerprint density at radius 3 is 2.52 bits per heavy atom. The van der Waals surface area contributed by atoms with E-state index in [-0.39, 0.29) is 11.9 Å². The summed E-state index contributed by atoms with van der Waals surface area (Å²) in [4.78, 5) is 12.5. The molecule has 3 rings (SSSR count). The summed E-state index contributed by atoms with van der Waals surface area (Å²) in [5, 5.41) is 0. The van der Waals surface area contributed by atoms with Crippen LogP contribution in [0.1, 0.15) is 29.8 Å². The van der Waals surface area contributed by atoms with E-state index in [0.29, 0.717) is 12.0 Å². The molecule has 1 atom stereocenters. The van der Waals surface area contributed by atoms with Crippen molar-refractivity contribution in [2.24, 2.45) is 0 Å². The SMILES string of the molecule is CC(C)Oc1ccc(C(=O)C2Cc3ccccc3O2)cc1. The maximum Gasteiger partial charge on any atom is 0.203 e. The summed E-state index contributed by atoms with van der Waals surface area (Å²) in [5.41, 5.74) is 1.75. The standard InChI is InChI=1S/C18H18O3/c1-12(2)20-15-9-7-13(8-10-15)18(19)17-11-14-5-3-4-6-16(14)21-17/h3-10,12,17H,11H2,1-2H3. The lowest BCUT2D eigenvalue weighted by molar-refractivity contribution is 0.0824. The molecule has 1 aliphatic rings. The van der Waals surface area contributed by atoms with Gasteiger partial charge in [-0.25, -0.2) is 0 Å². The maximum atomic E-state index is 12.5. The zero-order chi connectivity index (χ0) is 14.8. The summed E-state index contributed by atoms with van der Waals surface area (Å²) in [6.07, 6.45) is 0.345. The second-order valence-corrected chi connectivity index (χ2v) is 5.47. The number of hydrogen-bond donors (Lipinski definition) is 0. The van der Waals surface area contributed by atoms with Gasteiger partial charge in [-0.05, 0) is 49.7 Å². The third-order valence-electron chi connectivity index (χ3n) is 3.45. The molecule has 0 spiro atoms. The molecule has 0 N–H and O–H groups in total. The monoisotopic (exact) mass is 282 g/mol. The normalized spacial score (nSPS) is 16.4. The summed E-state index contributed by atoms with van der Waals surface area (Å²) in [6, 6.07) is 15.0. The van der Waals surface area contributed by atoms with Gasteiger partial charge in [0, 0.05) is 12.0 Å². The van der Waals surface area contributed by atoms with Gasteiger partial charge in [-0.1, -0.05) is 18.2 Å². The van der Waals surface area contributed by atoms with Crippen LogP contribution in [-0.2, 0) is 6.42 Å². The molecule has 0 amide bonds. The van der Waals surface area contributed by atoms with Crippen LogP contribution in [0.5, 0.6) is 11.5 Å². The number of fused-ring (bicyclic) bond motifs is 1. The third-order valence-corrected chi connectivity index (χ3v) is 3.45. The van der Waals surface area contributed by atoms with E-state index in [1.54, 1.807) is 12.1 Å². The predicted molar refractivity (Wildman–Crippen MR) is 81.1 cm³/mol. The van der Waals surface area contributed by atoms with Crippen LogP contribution in [0, 0.1) is 0 Å². The highest BCUT2D eigenvalue weighted by Gasteiger charge is 2.29. The van der Waals surface area contributed by atoms with Crippen LogP contribution in [0.15, 0.2) is 48.5 Å². The zero-order valence-electron chi connectivity index (χ0n) is 12.2. The summed E-state index contributed by atoms with van der Waals surface area (Å²) in [5.74, 6) is 1.61. The van der Waals surface area contributed by atoms with Gasteiger partial charge in [0.15, 0.2) is 6.10 Å². The molecule has 3 nitrogen and oxygen atoms in total. The van der Waals surface area contributed by atoms with E-state index in [1.807, 2.05) is 50.2 Å². The molecule has 2 aromatic rings. The van der Waals surface area contributed by atoms with Gasteiger partial charge in [0.25, 0.3) is 0 Å². The lowest BCUT2D eigenvalue weighted by Crippen LogP contribution is -2.25. The molecule has 0 saturated carbocycles. The van der Waals surface area contributed by atoms with Gasteiger partial charge in [0.1, 0.15) is 11.5 Å². The number of para-hydroxylation sites is 1. The largest absolute Gasteiger partial charge is 0.491 e. The molecule has 108 valence electrons. The van der Waals surface area contributed by atoms with Crippen molar-refractivity contribution in [2.75, 3.05) is 0 Å². The minimum Gasteiger partial charge on any atom is -0.491 e. The fourth-order valence-electron chi connectivity index (χ4n) is 2.48. The first-order valence-electron chi connectivity index (χ1n) is 7.19. The van der Waals surface area contributed by atoms with E-state index in [9.17, 15) is 4.79 Å². The molecular formula is C18H18O3. The van der Waals surface area contributed by atoms with Crippen LogP contribution in [0.4, 0.5) is 0 Å². The second kappa shape index (κ2) is 5.60. The molecule has 21 heavy (non-hydrogen) atoms. The molecule has 2 aromatic carbocycles. The fourth-order valence-corrected chi connectivity index (χ4v) is 2.48. The summed E-state index contributed by atoms with van der Waals surface area (Å²) >= 11 is 0. The van der Waals surface area contributed by atoms with E-state index in [4.69, 9.17) is 9.47 Å². The molecule has 3 heteroatoms. The first-order chi connectivity index (χ1) is 10.1. The Labute approximate surface area is 124 Å². The Morgan fingerprint density at radius 1 is 1.14 bits per heavy atom. The number of carbonyl (C=O) groups is 1. The molecule has 1 heterocycles.